The van der Waals surface area contributed by atoms with Gasteiger partial charge < -0.3 is 42.6 Å². The summed E-state index contributed by atoms with van der Waals surface area (Å²) >= 11 is 6.18. The molecule has 14 aromatic rings. The van der Waals surface area contributed by atoms with Crippen LogP contribution in [0.2, 0.25) is 0 Å². The second-order valence-corrected chi connectivity index (χ2v) is 32.0. The lowest BCUT2D eigenvalue weighted by atomic mass is 9.91. The third kappa shape index (κ3) is 26.3. The number of ether oxygens (including phenoxy) is 9. The van der Waals surface area contributed by atoms with Crippen LogP contribution in [0.1, 0.15) is 113 Å². The largest absolute Gasteiger partial charge is 0.497 e. The molecule has 0 spiro atoms. The van der Waals surface area contributed by atoms with Gasteiger partial charge in [-0.05, 0) is 281 Å². The number of hydrogen-bond acceptors (Lipinski definition) is 15. The van der Waals surface area contributed by atoms with E-state index in [1.54, 1.807) is 111 Å². The molecule has 13 aromatic carbocycles. The lowest BCUT2D eigenvalue weighted by Gasteiger charge is -2.21. The molecule has 1 aliphatic rings. The molecule has 0 fully saturated rings. The maximum Gasteiger partial charge on any atom is 0.126 e. The predicted molar refractivity (Wildman–Crippen MR) is 518 cm³/mol. The van der Waals surface area contributed by atoms with Crippen LogP contribution in [0, 0.1) is 27.7 Å². The molecule has 624 valence electrons. The van der Waals surface area contributed by atoms with Gasteiger partial charge in [0, 0.05) is 82.9 Å². The average Bonchev–Trinajstić information content (AvgIpc) is 0.798. The predicted octanol–water partition coefficient (Wildman–Crippen LogP) is 29.3. The number of pyridine rings is 1. The lowest BCUT2D eigenvalue weighted by Crippen LogP contribution is -2.06. The van der Waals surface area contributed by atoms with E-state index in [1.807, 2.05) is 165 Å². The maximum atomic E-state index is 7.72. The van der Waals surface area contributed by atoms with Crippen LogP contribution in [0.15, 0.2) is 268 Å². The fourth-order valence-electron chi connectivity index (χ4n) is 13.4. The number of aryl methyl sites for hydroxylation is 5. The van der Waals surface area contributed by atoms with Crippen molar-refractivity contribution in [3.8, 4) is 62.9 Å². The molecule has 1 heterocycles. The van der Waals surface area contributed by atoms with Crippen LogP contribution in [0.5, 0.6) is 51.7 Å². The number of thioether (sulfide) groups is 5. The topological polar surface area (TPSA) is 96.0 Å². The van der Waals surface area contributed by atoms with Crippen molar-refractivity contribution in [3.05, 3.63) is 288 Å². The molecule has 0 radical (unpaired) electrons. The number of aromatic nitrogens is 1. The third-order valence-corrected chi connectivity index (χ3v) is 23.5. The fraction of sp³-hybridized carbons (Fsp3) is 0.279. The quantitative estimate of drug-likeness (QED) is 0.0475. The van der Waals surface area contributed by atoms with Gasteiger partial charge in [0.1, 0.15) is 51.7 Å². The Morgan fingerprint density at radius 3 is 1.34 bits per heavy atom. The molecule has 0 aliphatic heterocycles. The van der Waals surface area contributed by atoms with Gasteiger partial charge in [-0.15, -0.1) is 58.8 Å². The maximum absolute atomic E-state index is 7.72. The van der Waals surface area contributed by atoms with E-state index < -0.39 is 28.5 Å². The van der Waals surface area contributed by atoms with Crippen LogP contribution in [0.3, 0.4) is 0 Å². The Kier molecular flexibility index (Phi) is 33.8. The SMILES string of the molecule is C=Cc1cc(OC)ccc1C.COc1ccc(C)c(-c2ccccc2)c1.COc1ccc(C)c2ccccc12.[1H][13C@@]([2H])(C)Sc1ccc(OC)c2cc(CC)ccc12.[1H][13C@@]([2H])(C)Sc1ccc(OC)c2cc(OC)ccc12.[1H][13C]([1H])(C)Sc1ccc(OC)c2c1CCCC2.[1H][13C]([1H])(C)Sc1ccc(OC)c2ccc(C)cc12.[1H][13C]([1H])(C)Sc1ccc(OC)c2ccncc12. The van der Waals surface area contributed by atoms with Gasteiger partial charge in [-0.25, -0.2) is 0 Å². The number of nitrogens with zero attached hydrogens (tertiary/aromatic N) is 1. The Labute approximate surface area is 744 Å². The van der Waals surface area contributed by atoms with E-state index in [0.717, 1.165) is 150 Å². The lowest BCUT2D eigenvalue weighted by molar-refractivity contribution is 0.405. The zero-order valence-electron chi connectivity index (χ0n) is 82.0. The van der Waals surface area contributed by atoms with Crippen molar-refractivity contribution < 1.29 is 56.3 Å². The zero-order chi connectivity index (χ0) is 94.6. The summed E-state index contributed by atoms with van der Waals surface area (Å²) in [5, 5.41) is 10.4. The first-order valence-electron chi connectivity index (χ1n) is 44.1. The number of hydrogen-bond donors (Lipinski definition) is 0. The molecule has 0 N–H and O–H groups in total. The van der Waals surface area contributed by atoms with E-state index in [4.69, 9.17) is 56.3 Å². The third-order valence-electron chi connectivity index (χ3n) is 19.5. The monoisotopic (exact) mass is 1690 g/mol. The molecular formula is C104H119NO9S5. The molecule has 1 aliphatic carbocycles. The first-order valence-corrected chi connectivity index (χ1v) is 43.2. The van der Waals surface area contributed by atoms with Crippen molar-refractivity contribution in [1.29, 1.82) is 0 Å². The van der Waals surface area contributed by atoms with E-state index in [1.165, 1.54) is 127 Å². The Bertz CT molecular complexity index is 5930. The highest BCUT2D eigenvalue weighted by molar-refractivity contribution is 8.00. The van der Waals surface area contributed by atoms with Crippen LogP contribution < -0.4 is 42.6 Å². The first kappa shape index (κ1) is 80.1. The van der Waals surface area contributed by atoms with Crippen LogP contribution in [0.4, 0.5) is 0 Å². The minimum absolute atomic E-state index is 0.757. The first-order chi connectivity index (χ1) is 61.2. The molecule has 0 unspecified atom stereocenters. The van der Waals surface area contributed by atoms with Crippen molar-refractivity contribution in [2.24, 2.45) is 0 Å². The highest BCUT2D eigenvalue weighted by Gasteiger charge is 2.18. The summed E-state index contributed by atoms with van der Waals surface area (Å²) in [6.07, 6.45) is 10.8. The van der Waals surface area contributed by atoms with E-state index in [2.05, 4.69) is 112 Å². The highest BCUT2D eigenvalue weighted by atomic mass is 32.2. The van der Waals surface area contributed by atoms with E-state index >= 15 is 0 Å². The fourth-order valence-corrected chi connectivity index (χ4v) is 16.7. The Hall–Kier alpha value is -10.0. The molecule has 10 nitrogen and oxygen atoms in total. The van der Waals surface area contributed by atoms with Crippen molar-refractivity contribution in [3.63, 3.8) is 0 Å². The van der Waals surface area contributed by atoms with Crippen molar-refractivity contribution in [2.75, 3.05) is 92.5 Å². The summed E-state index contributed by atoms with van der Waals surface area (Å²) in [5.74, 6) is 7.65. The number of methoxy groups -OCH3 is 9. The molecule has 0 saturated carbocycles. The van der Waals surface area contributed by atoms with Gasteiger partial charge in [0.15, 0.2) is 0 Å². The van der Waals surface area contributed by atoms with Gasteiger partial charge in [-0.1, -0.05) is 163 Å². The second-order valence-electron chi connectivity index (χ2n) is 26.7. The van der Waals surface area contributed by atoms with Crippen LogP contribution in [-0.2, 0) is 19.3 Å². The molecule has 15 rings (SSSR count). The zero-order valence-corrected chi connectivity index (χ0v) is 76.1. The van der Waals surface area contributed by atoms with Crippen LogP contribution in [-0.4, -0.2) is 97.5 Å². The normalized spacial score (nSPS) is 13.6. The summed E-state index contributed by atoms with van der Waals surface area (Å²) in [4.78, 5) is 8.83. The van der Waals surface area contributed by atoms with Crippen molar-refractivity contribution >= 4 is 119 Å². The number of benzene rings is 13. The molecule has 0 amide bonds. The van der Waals surface area contributed by atoms with E-state index in [-0.39, 0.29) is 0 Å². The average molecular weight is 1690 g/mol. The van der Waals surface area contributed by atoms with Crippen molar-refractivity contribution in [2.45, 2.75) is 126 Å². The summed E-state index contributed by atoms with van der Waals surface area (Å²) in [6.45, 7) is 22.0. The highest BCUT2D eigenvalue weighted by Crippen LogP contribution is 2.41. The Balaban J connectivity index is 0.000000183. The Morgan fingerprint density at radius 2 is 0.790 bits per heavy atom. The summed E-state index contributed by atoms with van der Waals surface area (Å²) in [5.41, 5.74) is 5.95. The summed E-state index contributed by atoms with van der Waals surface area (Å²) in [7, 11) is 15.0. The van der Waals surface area contributed by atoms with Gasteiger partial charge in [-0.2, -0.15) is 0 Å². The van der Waals surface area contributed by atoms with Gasteiger partial charge in [-0.3, -0.25) is 4.98 Å². The molecule has 0 saturated heterocycles. The van der Waals surface area contributed by atoms with Crippen molar-refractivity contribution in [1.82, 2.24) is 4.98 Å². The summed E-state index contributed by atoms with van der Waals surface area (Å²) in [6, 6.07) is 73.9. The smallest absolute Gasteiger partial charge is 0.126 e. The van der Waals surface area contributed by atoms with Crippen LogP contribution in [0.25, 0.3) is 71.1 Å². The van der Waals surface area contributed by atoms with Gasteiger partial charge in [0.2, 0.25) is 0 Å². The minimum atomic E-state index is -1.32. The molecular weight excluding hydrogens is 1570 g/mol. The number of fused-ring (bicyclic) bond motifs is 6. The standard InChI is InChI=1S/C15H18OS.C14H16O2S.C14H16OS.C14H14O.C13H18OS.C12H13NOS.C12H12O.C10H12O/c1-4-11-6-7-12-13(10-11)14(16-3)8-9-15(12)17-5-2;1-4-17-14-8-7-13(16-3)12-9-10(15-2)5-6-11(12)14;1-4-16-14-8-7-13(15-3)11-6-5-10(2)9-12(11)14;1-11-8-9-13(15-2)10-14(11)12-6-4-3-5-7-12;1-3-15-13-9-8-12(14-2)10-6-4-5-7-11(10)13;1-3-15-12-5-4-11(14-2)9-6-7-13-8-10(9)12;1-9-7-8-12(13-2)11-6-4-3-5-10(9)11;1-4-9-7-10(11-3)6-5-8(9)2/h6-10H,4-5H2,1-3H3;5-9H,4H2,1-3H3;5-9H,4H2,1-3H3;3-10H,1-2H3;8-9H,3-7H2,1-2H3;4-8H,3H2,1-2H3;3-8H,1-2H3;4-7H,1H2,2-3H3/i5+1DH;4+1DH;4+1H2;;2*3+1H2;;/t5-;4-;;;;;;/m11....../s1. The second kappa shape index (κ2) is 50.2. The van der Waals surface area contributed by atoms with E-state index in [9.17, 15) is 0 Å². The minimum Gasteiger partial charge on any atom is -0.497 e. The van der Waals surface area contributed by atoms with Crippen LogP contribution >= 0.6 is 58.8 Å². The van der Waals surface area contributed by atoms with Gasteiger partial charge in [0.25, 0.3) is 0 Å². The number of rotatable bonds is 22. The molecule has 2 atom stereocenters. The van der Waals surface area contributed by atoms with Gasteiger partial charge >= 0.3 is 0 Å². The Morgan fingerprint density at radius 1 is 0.361 bits per heavy atom. The molecule has 0 bridgehead atoms. The van der Waals surface area contributed by atoms with E-state index in [0.29, 0.717) is 0 Å². The van der Waals surface area contributed by atoms with Gasteiger partial charge in [0.05, 0.1) is 64.0 Å². The summed E-state index contributed by atoms with van der Waals surface area (Å²) < 4.78 is 124. The molecule has 15 heteroatoms. The molecule has 119 heavy (non-hydrogen) atoms. The molecule has 1 aromatic heterocycles.